The largest absolute Gasteiger partial charge is 0.355 e. The molecule has 0 saturated heterocycles. The SMILES string of the molecule is CCNC(=O)[C@H](Cc1ccccc1)N(Cc1cccc(Cl)c1)C(=O)CN(c1ccc(Br)cc1)S(=O)(=O)c1ccccc1. The topological polar surface area (TPSA) is 86.8 Å². The van der Waals surface area contributed by atoms with Crippen LogP contribution < -0.4 is 9.62 Å². The van der Waals surface area contributed by atoms with Crippen LogP contribution in [0.5, 0.6) is 0 Å². The van der Waals surface area contributed by atoms with E-state index >= 15 is 0 Å². The van der Waals surface area contributed by atoms with Gasteiger partial charge in [-0.3, -0.25) is 13.9 Å². The number of benzene rings is 4. The van der Waals surface area contributed by atoms with Gasteiger partial charge in [-0.1, -0.05) is 88.2 Å². The Morgan fingerprint density at radius 3 is 2.10 bits per heavy atom. The van der Waals surface area contributed by atoms with Crippen LogP contribution in [0.2, 0.25) is 5.02 Å². The van der Waals surface area contributed by atoms with Crippen molar-refractivity contribution in [1.82, 2.24) is 10.2 Å². The Morgan fingerprint density at radius 1 is 0.857 bits per heavy atom. The van der Waals surface area contributed by atoms with Gasteiger partial charge in [0.25, 0.3) is 10.0 Å². The second-order valence-corrected chi connectivity index (χ2v) is 12.8. The summed E-state index contributed by atoms with van der Waals surface area (Å²) in [7, 11) is -4.14. The number of anilines is 1. The summed E-state index contributed by atoms with van der Waals surface area (Å²) in [5.74, 6) is -0.873. The molecule has 0 heterocycles. The molecule has 4 rings (SSSR count). The summed E-state index contributed by atoms with van der Waals surface area (Å²) >= 11 is 9.65. The minimum atomic E-state index is -4.14. The van der Waals surface area contributed by atoms with Crippen molar-refractivity contribution in [2.45, 2.75) is 30.8 Å². The molecule has 0 bridgehead atoms. The zero-order chi connectivity index (χ0) is 30.1. The maximum atomic E-state index is 14.3. The number of halogens is 2. The van der Waals surface area contributed by atoms with E-state index in [1.807, 2.05) is 43.3 Å². The van der Waals surface area contributed by atoms with Crippen molar-refractivity contribution in [1.29, 1.82) is 0 Å². The maximum Gasteiger partial charge on any atom is 0.264 e. The lowest BCUT2D eigenvalue weighted by molar-refractivity contribution is -0.140. The van der Waals surface area contributed by atoms with E-state index in [0.717, 1.165) is 14.3 Å². The summed E-state index contributed by atoms with van der Waals surface area (Å²) in [4.78, 5) is 29.3. The first-order valence-corrected chi connectivity index (χ1v) is 16.0. The van der Waals surface area contributed by atoms with Crippen LogP contribution in [-0.4, -0.2) is 44.3 Å². The lowest BCUT2D eigenvalue weighted by Gasteiger charge is -2.34. The van der Waals surface area contributed by atoms with Crippen molar-refractivity contribution < 1.29 is 18.0 Å². The molecule has 4 aromatic rings. The van der Waals surface area contributed by atoms with Gasteiger partial charge >= 0.3 is 0 Å². The summed E-state index contributed by atoms with van der Waals surface area (Å²) in [6.45, 7) is 1.71. The van der Waals surface area contributed by atoms with E-state index in [-0.39, 0.29) is 23.8 Å². The number of hydrogen-bond acceptors (Lipinski definition) is 4. The molecule has 0 fully saturated rings. The number of hydrogen-bond donors (Lipinski definition) is 1. The van der Waals surface area contributed by atoms with Crippen LogP contribution in [-0.2, 0) is 32.6 Å². The Morgan fingerprint density at radius 2 is 1.48 bits per heavy atom. The second-order valence-electron chi connectivity index (χ2n) is 9.55. The number of likely N-dealkylation sites (N-methyl/N-ethyl adjacent to an activating group) is 1. The lowest BCUT2D eigenvalue weighted by Crippen LogP contribution is -2.53. The van der Waals surface area contributed by atoms with Crippen molar-refractivity contribution in [3.05, 3.63) is 130 Å². The number of sulfonamides is 1. The Kier molecular flexibility index (Phi) is 10.8. The van der Waals surface area contributed by atoms with Crippen molar-refractivity contribution >= 4 is 55.1 Å². The van der Waals surface area contributed by atoms with Gasteiger partial charge in [0.1, 0.15) is 12.6 Å². The van der Waals surface area contributed by atoms with Gasteiger partial charge in [-0.25, -0.2) is 8.42 Å². The predicted octanol–water partition coefficient (Wildman–Crippen LogP) is 6.07. The fraction of sp³-hybridized carbons (Fsp3) is 0.188. The van der Waals surface area contributed by atoms with Crippen molar-refractivity contribution in [3.8, 4) is 0 Å². The fourth-order valence-electron chi connectivity index (χ4n) is 4.53. The lowest BCUT2D eigenvalue weighted by atomic mass is 10.0. The Bertz CT molecular complexity index is 1600. The minimum absolute atomic E-state index is 0.0478. The maximum absolute atomic E-state index is 14.3. The van der Waals surface area contributed by atoms with E-state index in [4.69, 9.17) is 11.6 Å². The van der Waals surface area contributed by atoms with Gasteiger partial charge in [0, 0.05) is 29.0 Å². The van der Waals surface area contributed by atoms with Crippen molar-refractivity contribution in [2.75, 3.05) is 17.4 Å². The van der Waals surface area contributed by atoms with E-state index in [2.05, 4.69) is 21.2 Å². The van der Waals surface area contributed by atoms with Crippen LogP contribution in [0.4, 0.5) is 5.69 Å². The average molecular weight is 669 g/mol. The first-order chi connectivity index (χ1) is 20.2. The first kappa shape index (κ1) is 31.3. The molecular formula is C32H31BrClN3O4S. The molecular weight excluding hydrogens is 638 g/mol. The normalized spacial score (nSPS) is 11.9. The van der Waals surface area contributed by atoms with E-state index in [1.165, 1.54) is 17.0 Å². The quantitative estimate of drug-likeness (QED) is 0.199. The van der Waals surface area contributed by atoms with Gasteiger partial charge in [-0.2, -0.15) is 0 Å². The van der Waals surface area contributed by atoms with Gasteiger partial charge in [-0.05, 0) is 66.6 Å². The van der Waals surface area contributed by atoms with Crippen molar-refractivity contribution in [2.24, 2.45) is 0 Å². The molecule has 1 N–H and O–H groups in total. The Labute approximate surface area is 260 Å². The highest BCUT2D eigenvalue weighted by atomic mass is 79.9. The first-order valence-electron chi connectivity index (χ1n) is 13.4. The zero-order valence-electron chi connectivity index (χ0n) is 23.0. The van der Waals surface area contributed by atoms with Gasteiger partial charge in [0.15, 0.2) is 0 Å². The number of carbonyl (C=O) groups is 2. The van der Waals surface area contributed by atoms with E-state index in [1.54, 1.807) is 60.7 Å². The Hall–Kier alpha value is -3.66. The third kappa shape index (κ3) is 8.00. The molecule has 0 radical (unpaired) electrons. The number of nitrogens with zero attached hydrogens (tertiary/aromatic N) is 2. The van der Waals surface area contributed by atoms with Gasteiger partial charge in [0.2, 0.25) is 11.8 Å². The zero-order valence-corrected chi connectivity index (χ0v) is 26.1. The number of carbonyl (C=O) groups excluding carboxylic acids is 2. The molecule has 0 aliphatic heterocycles. The van der Waals surface area contributed by atoms with Crippen LogP contribution in [0.25, 0.3) is 0 Å². The molecule has 4 aromatic carbocycles. The van der Waals surface area contributed by atoms with E-state index in [9.17, 15) is 18.0 Å². The van der Waals surface area contributed by atoms with E-state index in [0.29, 0.717) is 22.8 Å². The summed E-state index contributed by atoms with van der Waals surface area (Å²) in [5.41, 5.74) is 1.88. The molecule has 1 atom stereocenters. The minimum Gasteiger partial charge on any atom is -0.355 e. The second kappa shape index (κ2) is 14.5. The van der Waals surface area contributed by atoms with Crippen molar-refractivity contribution in [3.63, 3.8) is 0 Å². The summed E-state index contributed by atoms with van der Waals surface area (Å²) in [6.07, 6.45) is 0.239. The molecule has 0 spiro atoms. The molecule has 2 amide bonds. The molecule has 7 nitrogen and oxygen atoms in total. The van der Waals surface area contributed by atoms with E-state index < -0.39 is 28.5 Å². The third-order valence-corrected chi connectivity index (χ3v) is 9.14. The number of nitrogens with one attached hydrogen (secondary N) is 1. The standard InChI is InChI=1S/C32H31BrClN3O4S/c1-2-35-32(39)30(21-24-10-5-3-6-11-24)36(22-25-12-9-13-27(34)20-25)31(38)23-37(28-18-16-26(33)17-19-28)42(40,41)29-14-7-4-8-15-29/h3-20,30H,2,21-23H2,1H3,(H,35,39)/t30-/m0/s1. The summed E-state index contributed by atoms with van der Waals surface area (Å²) in [6, 6.07) is 30.2. The monoisotopic (exact) mass is 667 g/mol. The number of amides is 2. The van der Waals surface area contributed by atoms with Gasteiger partial charge in [-0.15, -0.1) is 0 Å². The molecule has 0 saturated carbocycles. The summed E-state index contributed by atoms with van der Waals surface area (Å²) < 4.78 is 29.7. The third-order valence-electron chi connectivity index (χ3n) is 6.59. The Balaban J connectivity index is 1.78. The molecule has 0 aromatic heterocycles. The van der Waals surface area contributed by atoms with Gasteiger partial charge in [0.05, 0.1) is 10.6 Å². The van der Waals surface area contributed by atoms with Crippen LogP contribution >= 0.6 is 27.5 Å². The highest BCUT2D eigenvalue weighted by Gasteiger charge is 2.34. The highest BCUT2D eigenvalue weighted by molar-refractivity contribution is 9.10. The molecule has 42 heavy (non-hydrogen) atoms. The van der Waals surface area contributed by atoms with Crippen LogP contribution in [0.1, 0.15) is 18.1 Å². The predicted molar refractivity (Wildman–Crippen MR) is 170 cm³/mol. The smallest absolute Gasteiger partial charge is 0.264 e. The molecule has 0 aliphatic carbocycles. The summed E-state index contributed by atoms with van der Waals surface area (Å²) in [5, 5.41) is 3.34. The van der Waals surface area contributed by atoms with Crippen LogP contribution in [0.3, 0.4) is 0 Å². The highest BCUT2D eigenvalue weighted by Crippen LogP contribution is 2.26. The fourth-order valence-corrected chi connectivity index (χ4v) is 6.45. The number of rotatable bonds is 12. The van der Waals surface area contributed by atoms with Gasteiger partial charge < -0.3 is 10.2 Å². The average Bonchev–Trinajstić information content (AvgIpc) is 2.99. The van der Waals surface area contributed by atoms with Crippen LogP contribution in [0.15, 0.2) is 119 Å². The molecule has 0 aliphatic rings. The molecule has 0 unspecified atom stereocenters. The van der Waals surface area contributed by atoms with Crippen LogP contribution in [0, 0.1) is 0 Å². The molecule has 10 heteroatoms. The molecule has 218 valence electrons.